The lowest BCUT2D eigenvalue weighted by Crippen LogP contribution is -2.56. The Balaban J connectivity index is 1.57. The maximum Gasteiger partial charge on any atom is 0.256 e. The second kappa shape index (κ2) is 7.95. The Kier molecular flexibility index (Phi) is 5.23. The first-order valence-corrected chi connectivity index (χ1v) is 10.3. The van der Waals surface area contributed by atoms with Crippen molar-refractivity contribution in [3.63, 3.8) is 0 Å². The van der Waals surface area contributed by atoms with Gasteiger partial charge in [-0.1, -0.05) is 23.2 Å². The summed E-state index contributed by atoms with van der Waals surface area (Å²) in [5.41, 5.74) is 0.0684. The average Bonchev–Trinajstić information content (AvgIpc) is 3.20. The molecule has 2 aliphatic rings. The van der Waals surface area contributed by atoms with Crippen molar-refractivity contribution >= 4 is 29.1 Å². The molecule has 0 aliphatic carbocycles. The molecule has 0 radical (unpaired) electrons. The van der Waals surface area contributed by atoms with Gasteiger partial charge < -0.3 is 18.9 Å². The highest BCUT2D eigenvalue weighted by Gasteiger charge is 2.44. The lowest BCUT2D eigenvalue weighted by molar-refractivity contribution is -0.0569. The minimum absolute atomic E-state index is 0.00442. The second-order valence-electron chi connectivity index (χ2n) is 7.31. The fourth-order valence-electron chi connectivity index (χ4n) is 4.08. The van der Waals surface area contributed by atoms with Crippen LogP contribution in [0.3, 0.4) is 0 Å². The number of amides is 1. The first-order chi connectivity index (χ1) is 15.4. The molecule has 0 N–H and O–H groups in total. The van der Waals surface area contributed by atoms with Gasteiger partial charge in [-0.05, 0) is 12.1 Å². The van der Waals surface area contributed by atoms with Crippen molar-refractivity contribution in [3.8, 4) is 17.3 Å². The van der Waals surface area contributed by atoms with E-state index in [0.29, 0.717) is 5.82 Å². The molecule has 1 saturated heterocycles. The van der Waals surface area contributed by atoms with Gasteiger partial charge in [-0.2, -0.15) is 0 Å². The third kappa shape index (κ3) is 3.13. The number of aromatic nitrogens is 4. The SMILES string of the molecule is COc1ccnc(-c2nnc3n2CC2COCC3N2C(=O)c2ccc(F)c(Cl)c2Cl)c1F. The van der Waals surface area contributed by atoms with Crippen molar-refractivity contribution < 1.29 is 23.0 Å². The molecule has 32 heavy (non-hydrogen) atoms. The number of hydrogen-bond donors (Lipinski definition) is 0. The standard InChI is InChI=1S/C20H15Cl2F2N5O3/c1-31-13-4-5-25-17(16(13)24)19-27-26-18-12-8-32-7-9(6-28(18)19)29(12)20(30)10-2-3-11(23)15(22)14(10)21/h2-5,9,12H,6-8H2,1H3. The predicted molar refractivity (Wildman–Crippen MR) is 110 cm³/mol. The van der Waals surface area contributed by atoms with Crippen LogP contribution >= 0.6 is 23.2 Å². The molecule has 0 saturated carbocycles. The Morgan fingerprint density at radius 1 is 1.19 bits per heavy atom. The summed E-state index contributed by atoms with van der Waals surface area (Å²) in [5.74, 6) is -1.13. The Hall–Kier alpha value is -2.82. The fourth-order valence-corrected chi connectivity index (χ4v) is 4.47. The molecular formula is C20H15Cl2F2N5O3. The zero-order valence-corrected chi connectivity index (χ0v) is 18.1. The van der Waals surface area contributed by atoms with E-state index in [1.54, 1.807) is 9.47 Å². The zero-order valence-electron chi connectivity index (χ0n) is 16.6. The van der Waals surface area contributed by atoms with Gasteiger partial charge in [0.1, 0.15) is 17.6 Å². The average molecular weight is 482 g/mol. The van der Waals surface area contributed by atoms with Crippen molar-refractivity contribution in [3.05, 3.63) is 57.5 Å². The van der Waals surface area contributed by atoms with Crippen molar-refractivity contribution in [2.75, 3.05) is 20.3 Å². The number of hydrogen-bond acceptors (Lipinski definition) is 6. The van der Waals surface area contributed by atoms with Crippen molar-refractivity contribution in [1.29, 1.82) is 0 Å². The van der Waals surface area contributed by atoms with Crippen molar-refractivity contribution in [1.82, 2.24) is 24.6 Å². The molecule has 0 spiro atoms. The van der Waals surface area contributed by atoms with Crippen LogP contribution in [0.2, 0.25) is 10.0 Å². The first-order valence-electron chi connectivity index (χ1n) is 9.58. The van der Waals surface area contributed by atoms with E-state index < -0.39 is 29.6 Å². The molecule has 166 valence electrons. The molecule has 1 fully saturated rings. The molecule has 12 heteroatoms. The number of rotatable bonds is 3. The van der Waals surface area contributed by atoms with Crippen LogP contribution in [0, 0.1) is 11.6 Å². The maximum absolute atomic E-state index is 14.8. The highest BCUT2D eigenvalue weighted by atomic mass is 35.5. The van der Waals surface area contributed by atoms with E-state index in [4.69, 9.17) is 32.7 Å². The smallest absolute Gasteiger partial charge is 0.256 e. The van der Waals surface area contributed by atoms with Gasteiger partial charge in [-0.25, -0.2) is 13.8 Å². The van der Waals surface area contributed by atoms with E-state index in [1.165, 1.54) is 25.4 Å². The zero-order chi connectivity index (χ0) is 22.6. The fraction of sp³-hybridized carbons (Fsp3) is 0.300. The van der Waals surface area contributed by atoms with Crippen LogP contribution in [0.5, 0.6) is 5.75 Å². The van der Waals surface area contributed by atoms with Crippen LogP contribution in [0.4, 0.5) is 8.78 Å². The summed E-state index contributed by atoms with van der Waals surface area (Å²) < 4.78 is 41.0. The van der Waals surface area contributed by atoms with Crippen LogP contribution < -0.4 is 4.74 Å². The third-order valence-corrected chi connectivity index (χ3v) is 6.43. The number of carbonyl (C=O) groups is 1. The lowest BCUT2D eigenvalue weighted by atomic mass is 10.0. The molecule has 2 unspecified atom stereocenters. The summed E-state index contributed by atoms with van der Waals surface area (Å²) in [5, 5.41) is 7.86. The summed E-state index contributed by atoms with van der Waals surface area (Å²) in [6, 6.07) is 2.77. The first kappa shape index (κ1) is 21.0. The number of ether oxygens (including phenoxy) is 2. The van der Waals surface area contributed by atoms with Gasteiger partial charge in [0.05, 0.1) is 42.0 Å². The van der Waals surface area contributed by atoms with Crippen LogP contribution in [0.15, 0.2) is 24.4 Å². The topological polar surface area (TPSA) is 82.4 Å². The van der Waals surface area contributed by atoms with E-state index >= 15 is 0 Å². The maximum atomic E-state index is 14.8. The number of morpholine rings is 1. The van der Waals surface area contributed by atoms with Crippen molar-refractivity contribution in [2.45, 2.75) is 18.6 Å². The van der Waals surface area contributed by atoms with Gasteiger partial charge in [-0.3, -0.25) is 4.79 Å². The Morgan fingerprint density at radius 3 is 2.78 bits per heavy atom. The molecule has 2 aromatic heterocycles. The van der Waals surface area contributed by atoms with E-state index in [0.717, 1.165) is 6.07 Å². The van der Waals surface area contributed by atoms with Crippen LogP contribution in [-0.4, -0.2) is 56.9 Å². The molecule has 5 rings (SSSR count). The predicted octanol–water partition coefficient (Wildman–Crippen LogP) is 3.53. The number of fused-ring (bicyclic) bond motifs is 4. The number of methoxy groups -OCH3 is 1. The van der Waals surface area contributed by atoms with Gasteiger partial charge in [0, 0.05) is 18.8 Å². The van der Waals surface area contributed by atoms with Crippen LogP contribution in [0.1, 0.15) is 22.2 Å². The largest absolute Gasteiger partial charge is 0.494 e. The lowest BCUT2D eigenvalue weighted by Gasteiger charge is -2.45. The van der Waals surface area contributed by atoms with Gasteiger partial charge in [0.25, 0.3) is 5.91 Å². The Morgan fingerprint density at radius 2 is 2.00 bits per heavy atom. The minimum Gasteiger partial charge on any atom is -0.494 e. The number of nitrogens with zero attached hydrogens (tertiary/aromatic N) is 5. The van der Waals surface area contributed by atoms with Gasteiger partial charge in [-0.15, -0.1) is 10.2 Å². The normalized spacial score (nSPS) is 19.6. The number of carbonyl (C=O) groups excluding carboxylic acids is 1. The molecule has 1 aromatic carbocycles. The number of halogens is 4. The molecule has 1 amide bonds. The third-order valence-electron chi connectivity index (χ3n) is 5.57. The van der Waals surface area contributed by atoms with Crippen LogP contribution in [0.25, 0.3) is 11.5 Å². The summed E-state index contributed by atoms with van der Waals surface area (Å²) in [4.78, 5) is 19.1. The highest BCUT2D eigenvalue weighted by molar-refractivity contribution is 6.44. The Bertz CT molecular complexity index is 1240. The number of pyridine rings is 1. The summed E-state index contributed by atoms with van der Waals surface area (Å²) in [6.45, 7) is 0.631. The quantitative estimate of drug-likeness (QED) is 0.532. The van der Waals surface area contributed by atoms with Crippen molar-refractivity contribution in [2.24, 2.45) is 0 Å². The molecule has 3 aromatic rings. The molecule has 2 aliphatic heterocycles. The van der Waals surface area contributed by atoms with E-state index in [2.05, 4.69) is 15.2 Å². The van der Waals surface area contributed by atoms with Gasteiger partial charge in [0.2, 0.25) is 0 Å². The summed E-state index contributed by atoms with van der Waals surface area (Å²) >= 11 is 12.1. The van der Waals surface area contributed by atoms with E-state index in [1.807, 2.05) is 0 Å². The monoisotopic (exact) mass is 481 g/mol. The minimum atomic E-state index is -0.715. The summed E-state index contributed by atoms with van der Waals surface area (Å²) in [6.07, 6.45) is 1.42. The van der Waals surface area contributed by atoms with Gasteiger partial charge >= 0.3 is 0 Å². The molecule has 2 bridgehead atoms. The Labute approximate surface area is 190 Å². The molecular weight excluding hydrogens is 467 g/mol. The van der Waals surface area contributed by atoms with Gasteiger partial charge in [0.15, 0.2) is 23.2 Å². The summed E-state index contributed by atoms with van der Waals surface area (Å²) in [7, 11) is 1.36. The molecule has 4 heterocycles. The molecule has 8 nitrogen and oxygen atoms in total. The molecule has 2 atom stereocenters. The number of benzene rings is 1. The second-order valence-corrected chi connectivity index (χ2v) is 8.07. The van der Waals surface area contributed by atoms with E-state index in [9.17, 15) is 13.6 Å². The van der Waals surface area contributed by atoms with Crippen LogP contribution in [-0.2, 0) is 11.3 Å². The highest BCUT2D eigenvalue weighted by Crippen LogP contribution is 2.38. The van der Waals surface area contributed by atoms with E-state index in [-0.39, 0.29) is 52.6 Å².